The first-order valence-corrected chi connectivity index (χ1v) is 6.83. The van der Waals surface area contributed by atoms with Crippen molar-refractivity contribution in [3.63, 3.8) is 0 Å². The van der Waals surface area contributed by atoms with Gasteiger partial charge in [0.25, 0.3) is 0 Å². The van der Waals surface area contributed by atoms with Crippen LogP contribution in [0.15, 0.2) is 24.3 Å². The van der Waals surface area contributed by atoms with Crippen LogP contribution >= 0.6 is 0 Å². The van der Waals surface area contributed by atoms with Crippen molar-refractivity contribution in [1.29, 1.82) is 5.26 Å². The number of nitriles is 1. The van der Waals surface area contributed by atoms with E-state index in [-0.39, 0.29) is 11.3 Å². The van der Waals surface area contributed by atoms with Gasteiger partial charge in [-0.2, -0.15) is 5.26 Å². The largest absolute Gasteiger partial charge is 0.297 e. The summed E-state index contributed by atoms with van der Waals surface area (Å²) < 4.78 is 13.8. The van der Waals surface area contributed by atoms with Crippen molar-refractivity contribution in [2.45, 2.75) is 44.9 Å². The smallest absolute Gasteiger partial charge is 0.160 e. The molecule has 2 rings (SSSR count). The second kappa shape index (κ2) is 5.52. The first-order chi connectivity index (χ1) is 9.14. The van der Waals surface area contributed by atoms with Crippen LogP contribution in [0.5, 0.6) is 0 Å². The van der Waals surface area contributed by atoms with Gasteiger partial charge in [0, 0.05) is 11.0 Å². The molecule has 0 aliphatic heterocycles. The van der Waals surface area contributed by atoms with E-state index in [1.807, 2.05) is 13.0 Å². The second-order valence-electron chi connectivity index (χ2n) is 5.29. The SMILES string of the molecule is CCC1(C(=O)C(C#N)c2ccccc2F)CCCC1. The summed E-state index contributed by atoms with van der Waals surface area (Å²) in [7, 11) is 0. The second-order valence-corrected chi connectivity index (χ2v) is 5.29. The Labute approximate surface area is 113 Å². The number of ketones is 1. The molecule has 1 aromatic rings. The van der Waals surface area contributed by atoms with E-state index in [0.29, 0.717) is 0 Å². The molecule has 3 heteroatoms. The molecule has 0 spiro atoms. The molecule has 1 atom stereocenters. The van der Waals surface area contributed by atoms with Gasteiger partial charge in [0.05, 0.1) is 6.07 Å². The van der Waals surface area contributed by atoms with Crippen LogP contribution in [0.3, 0.4) is 0 Å². The van der Waals surface area contributed by atoms with Crippen molar-refractivity contribution in [3.05, 3.63) is 35.6 Å². The van der Waals surface area contributed by atoms with E-state index in [2.05, 4.69) is 0 Å². The van der Waals surface area contributed by atoms with Gasteiger partial charge < -0.3 is 0 Å². The molecule has 19 heavy (non-hydrogen) atoms. The Morgan fingerprint density at radius 3 is 2.58 bits per heavy atom. The maximum absolute atomic E-state index is 13.8. The Morgan fingerprint density at radius 1 is 1.42 bits per heavy atom. The number of carbonyl (C=O) groups excluding carboxylic acids is 1. The molecule has 1 unspecified atom stereocenters. The highest BCUT2D eigenvalue weighted by atomic mass is 19.1. The van der Waals surface area contributed by atoms with Crippen molar-refractivity contribution in [2.75, 3.05) is 0 Å². The average Bonchev–Trinajstić information content (AvgIpc) is 2.91. The van der Waals surface area contributed by atoms with Gasteiger partial charge >= 0.3 is 0 Å². The van der Waals surface area contributed by atoms with Crippen LogP contribution in [0.1, 0.15) is 50.5 Å². The van der Waals surface area contributed by atoms with Crippen LogP contribution < -0.4 is 0 Å². The quantitative estimate of drug-likeness (QED) is 0.820. The van der Waals surface area contributed by atoms with Crippen LogP contribution in [-0.2, 0) is 4.79 Å². The van der Waals surface area contributed by atoms with Crippen LogP contribution in [0.2, 0.25) is 0 Å². The van der Waals surface area contributed by atoms with E-state index in [0.717, 1.165) is 32.1 Å². The molecule has 0 bridgehead atoms. The Kier molecular flexibility index (Phi) is 3.99. The number of Topliss-reactive ketones (excluding diaryl/α,β-unsaturated/α-hetero) is 1. The molecule has 0 N–H and O–H groups in total. The van der Waals surface area contributed by atoms with Crippen molar-refractivity contribution >= 4 is 5.78 Å². The fraction of sp³-hybridized carbons (Fsp3) is 0.500. The number of carbonyl (C=O) groups is 1. The van der Waals surface area contributed by atoms with E-state index in [1.54, 1.807) is 18.2 Å². The maximum Gasteiger partial charge on any atom is 0.160 e. The van der Waals surface area contributed by atoms with Crippen molar-refractivity contribution in [2.24, 2.45) is 5.41 Å². The Bertz CT molecular complexity index is 512. The highest BCUT2D eigenvalue weighted by Crippen LogP contribution is 2.45. The highest BCUT2D eigenvalue weighted by Gasteiger charge is 2.43. The molecule has 100 valence electrons. The molecule has 0 radical (unpaired) electrons. The summed E-state index contributed by atoms with van der Waals surface area (Å²) in [6.07, 6.45) is 4.44. The zero-order chi connectivity index (χ0) is 13.9. The summed E-state index contributed by atoms with van der Waals surface area (Å²) in [6.45, 7) is 1.99. The summed E-state index contributed by atoms with van der Waals surface area (Å²) in [4.78, 5) is 12.7. The lowest BCUT2D eigenvalue weighted by Gasteiger charge is -2.28. The predicted molar refractivity (Wildman–Crippen MR) is 71.0 cm³/mol. The highest BCUT2D eigenvalue weighted by molar-refractivity contribution is 5.93. The third kappa shape index (κ3) is 2.40. The van der Waals surface area contributed by atoms with E-state index in [1.165, 1.54) is 6.07 Å². The van der Waals surface area contributed by atoms with Crippen LogP contribution in [-0.4, -0.2) is 5.78 Å². The minimum atomic E-state index is -0.973. The number of rotatable bonds is 4. The lowest BCUT2D eigenvalue weighted by molar-refractivity contribution is -0.129. The number of benzene rings is 1. The molecule has 1 saturated carbocycles. The molecule has 1 aromatic carbocycles. The topological polar surface area (TPSA) is 40.9 Å². The Hall–Kier alpha value is -1.69. The fourth-order valence-electron chi connectivity index (χ4n) is 3.11. The van der Waals surface area contributed by atoms with Gasteiger partial charge in [-0.1, -0.05) is 38.0 Å². The monoisotopic (exact) mass is 259 g/mol. The minimum absolute atomic E-state index is 0.0971. The van der Waals surface area contributed by atoms with Gasteiger partial charge in [-0.25, -0.2) is 4.39 Å². The van der Waals surface area contributed by atoms with E-state index in [4.69, 9.17) is 0 Å². The summed E-state index contributed by atoms with van der Waals surface area (Å²) in [5.74, 6) is -1.54. The molecule has 0 heterocycles. The van der Waals surface area contributed by atoms with Crippen molar-refractivity contribution in [1.82, 2.24) is 0 Å². The standard InChI is InChI=1S/C16H18FNO/c1-2-16(9-5-6-10-16)15(19)13(11-18)12-7-3-4-8-14(12)17/h3-4,7-8,13H,2,5-6,9-10H2,1H3. The predicted octanol–water partition coefficient (Wildman–Crippen LogP) is 3.97. The van der Waals surface area contributed by atoms with Gasteiger partial charge in [0.15, 0.2) is 5.78 Å². The zero-order valence-corrected chi connectivity index (χ0v) is 11.2. The van der Waals surface area contributed by atoms with Gasteiger partial charge in [-0.15, -0.1) is 0 Å². The zero-order valence-electron chi connectivity index (χ0n) is 11.2. The van der Waals surface area contributed by atoms with Crippen molar-refractivity contribution < 1.29 is 9.18 Å². The molecular formula is C16H18FNO. The van der Waals surface area contributed by atoms with Gasteiger partial charge in [0.1, 0.15) is 11.7 Å². The number of hydrogen-bond acceptors (Lipinski definition) is 2. The summed E-state index contributed by atoms with van der Waals surface area (Å²) in [5, 5.41) is 9.31. The third-order valence-electron chi connectivity index (χ3n) is 4.37. The molecule has 1 fully saturated rings. The Morgan fingerprint density at radius 2 is 2.05 bits per heavy atom. The molecule has 0 amide bonds. The van der Waals surface area contributed by atoms with Crippen LogP contribution in [0.25, 0.3) is 0 Å². The molecule has 2 nitrogen and oxygen atoms in total. The lowest BCUT2D eigenvalue weighted by Crippen LogP contribution is -2.32. The first-order valence-electron chi connectivity index (χ1n) is 6.83. The molecule has 0 aromatic heterocycles. The van der Waals surface area contributed by atoms with Gasteiger partial charge in [-0.05, 0) is 25.3 Å². The first kappa shape index (κ1) is 13.7. The molecular weight excluding hydrogens is 241 g/mol. The minimum Gasteiger partial charge on any atom is -0.297 e. The van der Waals surface area contributed by atoms with Crippen LogP contribution in [0.4, 0.5) is 4.39 Å². The lowest BCUT2D eigenvalue weighted by atomic mass is 9.73. The average molecular weight is 259 g/mol. The summed E-state index contributed by atoms with van der Waals surface area (Å²) in [6, 6.07) is 8.09. The van der Waals surface area contributed by atoms with Gasteiger partial charge in [-0.3, -0.25) is 4.79 Å². The number of hydrogen-bond donors (Lipinski definition) is 0. The fourth-order valence-corrected chi connectivity index (χ4v) is 3.11. The normalized spacial score (nSPS) is 18.8. The summed E-state index contributed by atoms with van der Waals surface area (Å²) >= 11 is 0. The van der Waals surface area contributed by atoms with E-state index < -0.39 is 17.2 Å². The molecule has 0 saturated heterocycles. The third-order valence-corrected chi connectivity index (χ3v) is 4.37. The van der Waals surface area contributed by atoms with E-state index in [9.17, 15) is 14.4 Å². The van der Waals surface area contributed by atoms with Crippen molar-refractivity contribution in [3.8, 4) is 6.07 Å². The molecule has 1 aliphatic carbocycles. The number of halogens is 1. The van der Waals surface area contributed by atoms with Crippen LogP contribution in [0, 0.1) is 22.6 Å². The number of nitrogens with zero attached hydrogens (tertiary/aromatic N) is 1. The summed E-state index contributed by atoms with van der Waals surface area (Å²) in [5.41, 5.74) is -0.197. The Balaban J connectivity index is 2.36. The maximum atomic E-state index is 13.8. The van der Waals surface area contributed by atoms with E-state index >= 15 is 0 Å². The molecule has 1 aliphatic rings. The van der Waals surface area contributed by atoms with Gasteiger partial charge in [0.2, 0.25) is 0 Å².